The zero-order valence-corrected chi connectivity index (χ0v) is 11.0. The Kier molecular flexibility index (Phi) is 6.43. The number of piperidine rings is 1. The topological polar surface area (TPSA) is 58.6 Å². The minimum Gasteiger partial charge on any atom is -0.466 e. The molecule has 0 bridgehead atoms. The van der Waals surface area contributed by atoms with E-state index in [0.717, 1.165) is 25.9 Å². The lowest BCUT2D eigenvalue weighted by atomic mass is 9.97. The lowest BCUT2D eigenvalue weighted by molar-refractivity contribution is -0.149. The van der Waals surface area contributed by atoms with Gasteiger partial charge < -0.3 is 10.1 Å². The predicted molar refractivity (Wildman–Crippen MR) is 69.0 cm³/mol. The fraction of sp³-hybridized carbons (Fsp3) is 0.692. The molecule has 1 aliphatic heterocycles. The van der Waals surface area contributed by atoms with E-state index in [9.17, 15) is 9.59 Å². The molecule has 1 aliphatic rings. The first-order chi connectivity index (χ1) is 8.67. The van der Waals surface area contributed by atoms with Crippen LogP contribution in [0.5, 0.6) is 0 Å². The van der Waals surface area contributed by atoms with Crippen molar-refractivity contribution in [3.63, 3.8) is 0 Å². The fourth-order valence-corrected chi connectivity index (χ4v) is 2.03. The van der Waals surface area contributed by atoms with Gasteiger partial charge in [-0.1, -0.05) is 6.08 Å². The number of carbonyl (C=O) groups excluding carboxylic acids is 2. The molecule has 1 heterocycles. The molecule has 0 aromatic carbocycles. The number of hydrogen-bond acceptors (Lipinski definition) is 4. The molecular weight excluding hydrogens is 232 g/mol. The Hall–Kier alpha value is -1.36. The first-order valence-corrected chi connectivity index (χ1v) is 6.44. The smallest absolute Gasteiger partial charge is 0.309 e. The summed E-state index contributed by atoms with van der Waals surface area (Å²) in [6.07, 6.45) is 3.20. The Bertz CT molecular complexity index is 297. The number of hydrogen-bond donors (Lipinski definition) is 1. The third-order valence-electron chi connectivity index (χ3n) is 3.02. The average Bonchev–Trinajstić information content (AvgIpc) is 2.37. The van der Waals surface area contributed by atoms with Crippen LogP contribution in [-0.2, 0) is 14.3 Å². The van der Waals surface area contributed by atoms with Gasteiger partial charge in [-0.15, -0.1) is 6.58 Å². The molecule has 0 saturated carbocycles. The molecule has 5 nitrogen and oxygen atoms in total. The monoisotopic (exact) mass is 254 g/mol. The first-order valence-electron chi connectivity index (χ1n) is 6.44. The molecule has 0 aromatic rings. The Morgan fingerprint density at radius 1 is 1.44 bits per heavy atom. The third kappa shape index (κ3) is 4.87. The number of esters is 1. The second-order valence-corrected chi connectivity index (χ2v) is 4.40. The van der Waals surface area contributed by atoms with Crippen LogP contribution in [0.2, 0.25) is 0 Å². The summed E-state index contributed by atoms with van der Waals surface area (Å²) in [5, 5.41) is 2.74. The summed E-state index contributed by atoms with van der Waals surface area (Å²) in [6.45, 7) is 8.22. The number of carbonyl (C=O) groups is 2. The fourth-order valence-electron chi connectivity index (χ4n) is 2.03. The molecule has 18 heavy (non-hydrogen) atoms. The van der Waals surface area contributed by atoms with Gasteiger partial charge in [-0.3, -0.25) is 14.5 Å². The van der Waals surface area contributed by atoms with Crippen molar-refractivity contribution >= 4 is 11.9 Å². The molecule has 0 radical (unpaired) electrons. The normalized spacial score (nSPS) is 17.2. The van der Waals surface area contributed by atoms with Crippen LogP contribution in [0.1, 0.15) is 19.8 Å². The van der Waals surface area contributed by atoms with Gasteiger partial charge in [0.05, 0.1) is 19.1 Å². The molecule has 1 N–H and O–H groups in total. The quantitative estimate of drug-likeness (QED) is 0.556. The van der Waals surface area contributed by atoms with Crippen LogP contribution in [0.4, 0.5) is 0 Å². The van der Waals surface area contributed by atoms with E-state index < -0.39 is 0 Å². The van der Waals surface area contributed by atoms with Crippen molar-refractivity contribution < 1.29 is 14.3 Å². The maximum Gasteiger partial charge on any atom is 0.309 e. The SMILES string of the molecule is C=CCNC(=O)CN1CCC(C(=O)OCC)CC1. The van der Waals surface area contributed by atoms with Crippen LogP contribution in [0.3, 0.4) is 0 Å². The molecule has 1 rings (SSSR count). The highest BCUT2D eigenvalue weighted by atomic mass is 16.5. The standard InChI is InChI=1S/C13H22N2O3/c1-3-7-14-12(16)10-15-8-5-11(6-9-15)13(17)18-4-2/h3,11H,1,4-10H2,2H3,(H,14,16). The number of nitrogens with zero attached hydrogens (tertiary/aromatic N) is 1. The highest BCUT2D eigenvalue weighted by Crippen LogP contribution is 2.18. The molecule has 0 aliphatic carbocycles. The van der Waals surface area contributed by atoms with Gasteiger partial charge in [-0.25, -0.2) is 0 Å². The predicted octanol–water partition coefficient (Wildman–Crippen LogP) is 0.564. The van der Waals surface area contributed by atoms with Crippen LogP contribution in [0, 0.1) is 5.92 Å². The van der Waals surface area contributed by atoms with Gasteiger partial charge in [0.2, 0.25) is 5.91 Å². The van der Waals surface area contributed by atoms with Crippen molar-refractivity contribution in [2.24, 2.45) is 5.92 Å². The van der Waals surface area contributed by atoms with E-state index in [1.807, 2.05) is 6.92 Å². The summed E-state index contributed by atoms with van der Waals surface area (Å²) in [7, 11) is 0. The van der Waals surface area contributed by atoms with E-state index in [1.165, 1.54) is 0 Å². The summed E-state index contributed by atoms with van der Waals surface area (Å²) >= 11 is 0. The maximum atomic E-state index is 11.5. The van der Waals surface area contributed by atoms with E-state index in [0.29, 0.717) is 19.7 Å². The van der Waals surface area contributed by atoms with Crippen molar-refractivity contribution in [1.82, 2.24) is 10.2 Å². The Labute approximate surface area is 108 Å². The van der Waals surface area contributed by atoms with Crippen molar-refractivity contribution in [2.45, 2.75) is 19.8 Å². The first kappa shape index (κ1) is 14.7. The largest absolute Gasteiger partial charge is 0.466 e. The molecule has 1 saturated heterocycles. The molecule has 5 heteroatoms. The van der Waals surface area contributed by atoms with Gasteiger partial charge in [0.25, 0.3) is 0 Å². The summed E-state index contributed by atoms with van der Waals surface area (Å²) in [6, 6.07) is 0. The second-order valence-electron chi connectivity index (χ2n) is 4.40. The lowest BCUT2D eigenvalue weighted by Gasteiger charge is -2.30. The molecule has 0 aromatic heterocycles. The number of amides is 1. The highest BCUT2D eigenvalue weighted by molar-refractivity contribution is 5.78. The lowest BCUT2D eigenvalue weighted by Crippen LogP contribution is -2.42. The number of rotatable bonds is 6. The van der Waals surface area contributed by atoms with Crippen LogP contribution >= 0.6 is 0 Å². The van der Waals surface area contributed by atoms with Crippen molar-refractivity contribution in [3.8, 4) is 0 Å². The van der Waals surface area contributed by atoms with Gasteiger partial charge in [-0.2, -0.15) is 0 Å². The van der Waals surface area contributed by atoms with E-state index >= 15 is 0 Å². The molecule has 1 fully saturated rings. The summed E-state index contributed by atoms with van der Waals surface area (Å²) in [5.41, 5.74) is 0. The van der Waals surface area contributed by atoms with E-state index in [-0.39, 0.29) is 17.8 Å². The van der Waals surface area contributed by atoms with Crippen molar-refractivity contribution in [2.75, 3.05) is 32.8 Å². The molecule has 102 valence electrons. The van der Waals surface area contributed by atoms with E-state index in [2.05, 4.69) is 16.8 Å². The van der Waals surface area contributed by atoms with E-state index in [1.54, 1.807) is 6.08 Å². The average molecular weight is 254 g/mol. The number of likely N-dealkylation sites (tertiary alicyclic amines) is 1. The van der Waals surface area contributed by atoms with E-state index in [4.69, 9.17) is 4.74 Å². The maximum absolute atomic E-state index is 11.5. The van der Waals surface area contributed by atoms with Gasteiger partial charge in [-0.05, 0) is 32.9 Å². The second kappa shape index (κ2) is 7.87. The van der Waals surface area contributed by atoms with Crippen LogP contribution in [0.25, 0.3) is 0 Å². The molecule has 0 atom stereocenters. The highest BCUT2D eigenvalue weighted by Gasteiger charge is 2.26. The minimum absolute atomic E-state index is 0.00237. The van der Waals surface area contributed by atoms with Gasteiger partial charge in [0.1, 0.15) is 0 Å². The van der Waals surface area contributed by atoms with Crippen LogP contribution in [0.15, 0.2) is 12.7 Å². The van der Waals surface area contributed by atoms with Gasteiger partial charge in [0.15, 0.2) is 0 Å². The third-order valence-corrected chi connectivity index (χ3v) is 3.02. The van der Waals surface area contributed by atoms with Gasteiger partial charge in [0, 0.05) is 6.54 Å². The zero-order valence-electron chi connectivity index (χ0n) is 11.0. The molecule has 0 unspecified atom stereocenters. The molecule has 1 amide bonds. The van der Waals surface area contributed by atoms with Crippen molar-refractivity contribution in [3.05, 3.63) is 12.7 Å². The van der Waals surface area contributed by atoms with Gasteiger partial charge >= 0.3 is 5.97 Å². The Balaban J connectivity index is 2.24. The minimum atomic E-state index is -0.103. The molecular formula is C13H22N2O3. The summed E-state index contributed by atoms with van der Waals surface area (Å²) in [4.78, 5) is 25.1. The summed E-state index contributed by atoms with van der Waals surface area (Å²) < 4.78 is 5.00. The Morgan fingerprint density at radius 2 is 2.11 bits per heavy atom. The van der Waals surface area contributed by atoms with Crippen LogP contribution in [-0.4, -0.2) is 49.6 Å². The molecule has 0 spiro atoms. The zero-order chi connectivity index (χ0) is 13.4. The summed E-state index contributed by atoms with van der Waals surface area (Å²) in [5.74, 6) is -0.102. The Morgan fingerprint density at radius 3 is 2.67 bits per heavy atom. The number of ether oxygens (including phenoxy) is 1. The van der Waals surface area contributed by atoms with Crippen LogP contribution < -0.4 is 5.32 Å². The number of nitrogens with one attached hydrogen (secondary N) is 1. The van der Waals surface area contributed by atoms with Crippen molar-refractivity contribution in [1.29, 1.82) is 0 Å².